The first kappa shape index (κ1) is 22.7. The van der Waals surface area contributed by atoms with Gasteiger partial charge in [0.2, 0.25) is 5.78 Å². The summed E-state index contributed by atoms with van der Waals surface area (Å²) in [6.45, 7) is 4.26. The quantitative estimate of drug-likeness (QED) is 0.447. The van der Waals surface area contributed by atoms with Gasteiger partial charge in [0.1, 0.15) is 10.8 Å². The highest BCUT2D eigenvalue weighted by Gasteiger charge is 2.44. The number of carbonyl (C=O) groups excluding carboxylic acids is 2. The Hall–Kier alpha value is -3.45. The molecular formula is C26H26N2O4S. The summed E-state index contributed by atoms with van der Waals surface area (Å²) in [5.74, 6) is -0.683. The zero-order valence-electron chi connectivity index (χ0n) is 18.9. The average Bonchev–Trinajstić information content (AvgIpc) is 3.35. The predicted octanol–water partition coefficient (Wildman–Crippen LogP) is 5.51. The Bertz CT molecular complexity index is 1200. The fraction of sp³-hybridized carbons (Fsp3) is 0.269. The molecule has 2 heterocycles. The lowest BCUT2D eigenvalue weighted by atomic mass is 9.95. The molecule has 0 fully saturated rings. The molecule has 0 saturated carbocycles. The number of ketones is 1. The Kier molecular flexibility index (Phi) is 6.60. The monoisotopic (exact) mass is 462 g/mol. The van der Waals surface area contributed by atoms with Crippen LogP contribution >= 0.6 is 11.3 Å². The van der Waals surface area contributed by atoms with Crippen molar-refractivity contribution in [3.05, 3.63) is 82.1 Å². The van der Waals surface area contributed by atoms with E-state index in [1.54, 1.807) is 31.1 Å². The number of ether oxygens (including phenoxy) is 1. The normalized spacial score (nSPS) is 15.9. The second kappa shape index (κ2) is 9.58. The average molecular weight is 463 g/mol. The molecule has 7 heteroatoms. The highest BCUT2D eigenvalue weighted by Crippen LogP contribution is 2.41. The minimum Gasteiger partial charge on any atom is -0.503 e. The van der Waals surface area contributed by atoms with E-state index in [1.165, 1.54) is 11.3 Å². The third kappa shape index (κ3) is 4.28. The number of amides is 1. The van der Waals surface area contributed by atoms with Crippen LogP contribution in [0.5, 0.6) is 5.75 Å². The molecule has 0 saturated heterocycles. The smallest absolute Gasteiger partial charge is 0.290 e. The number of aliphatic hydroxyl groups excluding tert-OH is 1. The number of hydrogen-bond donors (Lipinski definition) is 1. The van der Waals surface area contributed by atoms with Crippen molar-refractivity contribution >= 4 is 23.0 Å². The van der Waals surface area contributed by atoms with E-state index in [2.05, 4.69) is 4.98 Å². The molecule has 2 aromatic carbocycles. The first-order valence-electron chi connectivity index (χ1n) is 10.9. The van der Waals surface area contributed by atoms with E-state index in [4.69, 9.17) is 4.74 Å². The van der Waals surface area contributed by atoms with Crippen molar-refractivity contribution in [2.24, 2.45) is 0 Å². The van der Waals surface area contributed by atoms with Crippen molar-refractivity contribution < 1.29 is 19.4 Å². The van der Waals surface area contributed by atoms with Crippen molar-refractivity contribution in [1.29, 1.82) is 0 Å². The zero-order chi connectivity index (χ0) is 23.5. The van der Waals surface area contributed by atoms with Crippen LogP contribution in [0.2, 0.25) is 0 Å². The maximum atomic E-state index is 13.7. The molecule has 1 aliphatic rings. The summed E-state index contributed by atoms with van der Waals surface area (Å²) in [5, 5.41) is 11.6. The third-order valence-electron chi connectivity index (χ3n) is 5.76. The Morgan fingerprint density at radius 3 is 2.48 bits per heavy atom. The first-order valence-corrected chi connectivity index (χ1v) is 11.7. The summed E-state index contributed by atoms with van der Waals surface area (Å²) in [7, 11) is 1.58. The molecule has 3 aromatic rings. The van der Waals surface area contributed by atoms with E-state index in [0.717, 1.165) is 29.0 Å². The van der Waals surface area contributed by atoms with Gasteiger partial charge in [-0.25, -0.2) is 4.98 Å². The number of aryl methyl sites for hydroxylation is 1. The van der Waals surface area contributed by atoms with Gasteiger partial charge in [-0.05, 0) is 31.0 Å². The van der Waals surface area contributed by atoms with Crippen molar-refractivity contribution in [2.45, 2.75) is 32.7 Å². The highest BCUT2D eigenvalue weighted by atomic mass is 32.1. The summed E-state index contributed by atoms with van der Waals surface area (Å²) < 4.78 is 5.25. The van der Waals surface area contributed by atoms with Crippen LogP contribution in [-0.4, -0.2) is 40.3 Å². The number of rotatable bonds is 8. The number of methoxy groups -OCH3 is 1. The number of unbranched alkanes of at least 4 members (excludes halogenated alkanes) is 1. The van der Waals surface area contributed by atoms with Gasteiger partial charge in [0, 0.05) is 12.1 Å². The molecule has 1 N–H and O–H groups in total. The molecule has 1 atom stereocenters. The Morgan fingerprint density at radius 2 is 1.85 bits per heavy atom. The lowest BCUT2D eigenvalue weighted by molar-refractivity contribution is -0.129. The molecule has 0 radical (unpaired) electrons. The van der Waals surface area contributed by atoms with Gasteiger partial charge in [-0.1, -0.05) is 55.8 Å². The third-order valence-corrected chi connectivity index (χ3v) is 6.96. The largest absolute Gasteiger partial charge is 0.503 e. The van der Waals surface area contributed by atoms with Gasteiger partial charge < -0.3 is 14.7 Å². The topological polar surface area (TPSA) is 79.7 Å². The molecule has 4 rings (SSSR count). The van der Waals surface area contributed by atoms with Crippen molar-refractivity contribution in [2.75, 3.05) is 13.7 Å². The van der Waals surface area contributed by atoms with Gasteiger partial charge in [0.05, 0.1) is 29.3 Å². The highest BCUT2D eigenvalue weighted by molar-refractivity contribution is 7.17. The summed E-state index contributed by atoms with van der Waals surface area (Å²) in [4.78, 5) is 33.3. The van der Waals surface area contributed by atoms with Gasteiger partial charge in [-0.2, -0.15) is 0 Å². The number of carbonyl (C=O) groups is 2. The van der Waals surface area contributed by atoms with Gasteiger partial charge in [0.15, 0.2) is 5.76 Å². The van der Waals surface area contributed by atoms with Gasteiger partial charge in [0.25, 0.3) is 5.91 Å². The van der Waals surface area contributed by atoms with E-state index < -0.39 is 17.7 Å². The fourth-order valence-corrected chi connectivity index (χ4v) is 5.04. The number of Topliss-reactive ketones (excluding diaryl/α,β-unsaturated/α-hetero) is 1. The number of nitrogens with zero attached hydrogens (tertiary/aromatic N) is 2. The van der Waals surface area contributed by atoms with Gasteiger partial charge in [-0.15, -0.1) is 11.3 Å². The molecule has 1 aromatic heterocycles. The number of aromatic nitrogens is 1. The van der Waals surface area contributed by atoms with Crippen LogP contribution in [-0.2, 0) is 4.79 Å². The molecule has 0 spiro atoms. The van der Waals surface area contributed by atoms with E-state index >= 15 is 0 Å². The Labute approximate surface area is 197 Å². The molecule has 170 valence electrons. The minimum absolute atomic E-state index is 0.104. The van der Waals surface area contributed by atoms with Crippen LogP contribution in [0.25, 0.3) is 10.6 Å². The maximum Gasteiger partial charge on any atom is 0.290 e. The molecular weight excluding hydrogens is 436 g/mol. The zero-order valence-corrected chi connectivity index (χ0v) is 19.7. The molecule has 1 unspecified atom stereocenters. The molecule has 0 aliphatic carbocycles. The van der Waals surface area contributed by atoms with Crippen molar-refractivity contribution in [1.82, 2.24) is 9.88 Å². The van der Waals surface area contributed by atoms with Gasteiger partial charge >= 0.3 is 0 Å². The second-order valence-corrected chi connectivity index (χ2v) is 8.92. The van der Waals surface area contributed by atoms with Crippen LogP contribution in [0.4, 0.5) is 0 Å². The van der Waals surface area contributed by atoms with Crippen molar-refractivity contribution in [3.63, 3.8) is 0 Å². The SMILES string of the molecule is CCCCN1C(=O)C(O)=C(C(=O)c2sc(-c3ccccc3)nc2C)C1c1ccc(OC)cc1. The summed E-state index contributed by atoms with van der Waals surface area (Å²) in [6, 6.07) is 16.2. The van der Waals surface area contributed by atoms with Crippen LogP contribution in [0.15, 0.2) is 65.9 Å². The molecule has 33 heavy (non-hydrogen) atoms. The van der Waals surface area contributed by atoms with Crippen LogP contribution in [0.1, 0.15) is 46.7 Å². The summed E-state index contributed by atoms with van der Waals surface area (Å²) in [6.07, 6.45) is 1.66. The van der Waals surface area contributed by atoms with E-state index in [1.807, 2.05) is 49.4 Å². The number of aliphatic hydroxyl groups is 1. The Balaban J connectivity index is 1.77. The first-order chi connectivity index (χ1) is 16.0. The molecule has 6 nitrogen and oxygen atoms in total. The molecule has 1 amide bonds. The van der Waals surface area contributed by atoms with Crippen molar-refractivity contribution in [3.8, 4) is 16.3 Å². The predicted molar refractivity (Wildman–Crippen MR) is 129 cm³/mol. The Morgan fingerprint density at radius 1 is 1.15 bits per heavy atom. The minimum atomic E-state index is -0.663. The van der Waals surface area contributed by atoms with Crippen LogP contribution in [0.3, 0.4) is 0 Å². The number of hydrogen-bond acceptors (Lipinski definition) is 6. The molecule has 1 aliphatic heterocycles. The fourth-order valence-electron chi connectivity index (χ4n) is 4.01. The lowest BCUT2D eigenvalue weighted by Gasteiger charge is -2.26. The van der Waals surface area contributed by atoms with Gasteiger partial charge in [-0.3, -0.25) is 9.59 Å². The van der Waals surface area contributed by atoms with E-state index in [-0.39, 0.29) is 11.4 Å². The van der Waals surface area contributed by atoms with Crippen LogP contribution < -0.4 is 4.74 Å². The maximum absolute atomic E-state index is 13.7. The summed E-state index contributed by atoms with van der Waals surface area (Å²) >= 11 is 1.28. The number of thiazole rings is 1. The van der Waals surface area contributed by atoms with Crippen LogP contribution in [0, 0.1) is 6.92 Å². The van der Waals surface area contributed by atoms with E-state index in [9.17, 15) is 14.7 Å². The number of benzene rings is 2. The standard InChI is InChI=1S/C26H26N2O4S/c1-4-5-15-28-21(17-11-13-19(32-3)14-12-17)20(23(30)26(28)31)22(29)24-16(2)27-25(33-24)18-9-7-6-8-10-18/h6-14,21,30H,4-5,15H2,1-3H3. The second-order valence-electron chi connectivity index (χ2n) is 7.92. The van der Waals surface area contributed by atoms with E-state index in [0.29, 0.717) is 22.9 Å². The molecule has 0 bridgehead atoms. The summed E-state index contributed by atoms with van der Waals surface area (Å²) in [5.41, 5.74) is 2.35. The lowest BCUT2D eigenvalue weighted by Crippen LogP contribution is -2.32.